The fourth-order valence-corrected chi connectivity index (χ4v) is 2.85. The maximum Gasteiger partial charge on any atom is 0.223 e. The lowest BCUT2D eigenvalue weighted by molar-refractivity contribution is -0.129. The number of fused-ring (bicyclic) bond motifs is 1. The molecule has 3 rings (SSSR count). The number of rotatable bonds is 2. The summed E-state index contributed by atoms with van der Waals surface area (Å²) in [6.07, 6.45) is 3.73. The molecule has 1 amide bonds. The third-order valence-electron chi connectivity index (χ3n) is 3.90. The van der Waals surface area contributed by atoms with Crippen molar-refractivity contribution in [2.24, 2.45) is 0 Å². The number of aromatic nitrogens is 1. The van der Waals surface area contributed by atoms with Crippen LogP contribution >= 0.6 is 0 Å². The van der Waals surface area contributed by atoms with Crippen LogP contribution in [0.5, 0.6) is 0 Å². The number of aromatic amines is 1. The Bertz CT molecular complexity index is 600. The summed E-state index contributed by atoms with van der Waals surface area (Å²) < 4.78 is 0. The van der Waals surface area contributed by atoms with Gasteiger partial charge in [-0.05, 0) is 38.0 Å². The second-order valence-electron chi connectivity index (χ2n) is 5.16. The van der Waals surface area contributed by atoms with E-state index in [0.29, 0.717) is 6.42 Å². The molecule has 1 aromatic carbocycles. The molecule has 0 saturated carbocycles. The van der Waals surface area contributed by atoms with Gasteiger partial charge in [-0.15, -0.1) is 0 Å². The van der Waals surface area contributed by atoms with E-state index in [1.54, 1.807) is 0 Å². The van der Waals surface area contributed by atoms with Crippen LogP contribution in [0.4, 0.5) is 0 Å². The first-order chi connectivity index (χ1) is 8.66. The minimum Gasteiger partial charge on any atom is -0.361 e. The molecule has 1 saturated heterocycles. The zero-order chi connectivity index (χ0) is 12.7. The summed E-state index contributed by atoms with van der Waals surface area (Å²) in [5.74, 6) is 0.282. The highest BCUT2D eigenvalue weighted by Crippen LogP contribution is 2.31. The molecule has 0 bridgehead atoms. The molecule has 3 heteroatoms. The average Bonchev–Trinajstić information content (AvgIpc) is 2.94. The molecule has 1 N–H and O–H groups in total. The summed E-state index contributed by atoms with van der Waals surface area (Å²) in [6, 6.07) is 6.56. The molecule has 1 unspecified atom stereocenters. The van der Waals surface area contributed by atoms with Crippen molar-refractivity contribution in [2.45, 2.75) is 32.7 Å². The lowest BCUT2D eigenvalue weighted by Crippen LogP contribution is -2.27. The van der Waals surface area contributed by atoms with E-state index in [9.17, 15) is 4.79 Å². The molecule has 94 valence electrons. The zero-order valence-electron chi connectivity index (χ0n) is 10.9. The summed E-state index contributed by atoms with van der Waals surface area (Å²) in [5.41, 5.74) is 3.63. The smallest absolute Gasteiger partial charge is 0.223 e. The van der Waals surface area contributed by atoms with Gasteiger partial charge >= 0.3 is 0 Å². The van der Waals surface area contributed by atoms with Gasteiger partial charge in [0.05, 0.1) is 6.04 Å². The molecule has 1 aliphatic rings. The third kappa shape index (κ3) is 1.70. The summed E-state index contributed by atoms with van der Waals surface area (Å²) >= 11 is 0. The predicted molar refractivity (Wildman–Crippen MR) is 72.4 cm³/mol. The standard InChI is InChI=1S/C15H18N2O/c1-10-5-6-14-12(8-10)13(9-16-14)11(2)17-7-3-4-15(17)18/h5-6,8-9,11,16H,3-4,7H2,1-2H3. The van der Waals surface area contributed by atoms with Gasteiger partial charge in [-0.3, -0.25) is 4.79 Å². The number of amides is 1. The highest BCUT2D eigenvalue weighted by molar-refractivity contribution is 5.85. The minimum absolute atomic E-state index is 0.163. The van der Waals surface area contributed by atoms with Crippen LogP contribution in [-0.4, -0.2) is 22.3 Å². The molecule has 18 heavy (non-hydrogen) atoms. The number of aryl methyl sites for hydroxylation is 1. The highest BCUT2D eigenvalue weighted by atomic mass is 16.2. The molecule has 2 aromatic rings. The molecule has 0 spiro atoms. The quantitative estimate of drug-likeness (QED) is 0.862. The van der Waals surface area contributed by atoms with Gasteiger partial charge in [0.25, 0.3) is 0 Å². The van der Waals surface area contributed by atoms with E-state index in [0.717, 1.165) is 18.5 Å². The Morgan fingerprint density at radius 1 is 1.39 bits per heavy atom. The molecule has 1 fully saturated rings. The predicted octanol–water partition coefficient (Wildman–Crippen LogP) is 3.16. The van der Waals surface area contributed by atoms with E-state index in [1.165, 1.54) is 16.5 Å². The zero-order valence-corrected chi connectivity index (χ0v) is 10.9. The third-order valence-corrected chi connectivity index (χ3v) is 3.90. The molecule has 1 aliphatic heterocycles. The van der Waals surface area contributed by atoms with Crippen molar-refractivity contribution in [1.29, 1.82) is 0 Å². The van der Waals surface area contributed by atoms with Gasteiger partial charge < -0.3 is 9.88 Å². The Balaban J connectivity index is 2.03. The fraction of sp³-hybridized carbons (Fsp3) is 0.400. The number of hydrogen-bond acceptors (Lipinski definition) is 1. The van der Waals surface area contributed by atoms with Crippen molar-refractivity contribution in [3.63, 3.8) is 0 Å². The van der Waals surface area contributed by atoms with E-state index in [-0.39, 0.29) is 11.9 Å². The van der Waals surface area contributed by atoms with Gasteiger partial charge in [-0.25, -0.2) is 0 Å². The van der Waals surface area contributed by atoms with Gasteiger partial charge in [0.1, 0.15) is 0 Å². The van der Waals surface area contributed by atoms with Crippen LogP contribution in [0, 0.1) is 6.92 Å². The number of nitrogens with one attached hydrogen (secondary N) is 1. The number of carbonyl (C=O) groups excluding carboxylic acids is 1. The van der Waals surface area contributed by atoms with E-state index in [4.69, 9.17) is 0 Å². The SMILES string of the molecule is Cc1ccc2[nH]cc(C(C)N3CCCC3=O)c2c1. The molecular formula is C15H18N2O. The van der Waals surface area contributed by atoms with Gasteiger partial charge in [-0.1, -0.05) is 11.6 Å². The Morgan fingerprint density at radius 2 is 2.22 bits per heavy atom. The van der Waals surface area contributed by atoms with Gasteiger partial charge in [0, 0.05) is 30.1 Å². The number of carbonyl (C=O) groups is 1. The molecule has 1 atom stereocenters. The lowest BCUT2D eigenvalue weighted by atomic mass is 10.0. The summed E-state index contributed by atoms with van der Waals surface area (Å²) in [5, 5.41) is 1.24. The maximum atomic E-state index is 11.8. The molecule has 3 nitrogen and oxygen atoms in total. The molecular weight excluding hydrogens is 224 g/mol. The number of nitrogens with zero attached hydrogens (tertiary/aromatic N) is 1. The lowest BCUT2D eigenvalue weighted by Gasteiger charge is -2.24. The van der Waals surface area contributed by atoms with Crippen molar-refractivity contribution in [3.05, 3.63) is 35.5 Å². The first-order valence-corrected chi connectivity index (χ1v) is 6.54. The van der Waals surface area contributed by atoms with Crippen molar-refractivity contribution in [3.8, 4) is 0 Å². The van der Waals surface area contributed by atoms with Gasteiger partial charge in [-0.2, -0.15) is 0 Å². The monoisotopic (exact) mass is 242 g/mol. The van der Waals surface area contributed by atoms with Crippen LogP contribution in [0.15, 0.2) is 24.4 Å². The van der Waals surface area contributed by atoms with E-state index >= 15 is 0 Å². The number of benzene rings is 1. The average molecular weight is 242 g/mol. The topological polar surface area (TPSA) is 36.1 Å². The summed E-state index contributed by atoms with van der Waals surface area (Å²) in [6.45, 7) is 5.11. The van der Waals surface area contributed by atoms with Crippen LogP contribution in [0.25, 0.3) is 10.9 Å². The second-order valence-corrected chi connectivity index (χ2v) is 5.16. The van der Waals surface area contributed by atoms with Crippen molar-refractivity contribution >= 4 is 16.8 Å². The highest BCUT2D eigenvalue weighted by Gasteiger charge is 2.27. The van der Waals surface area contributed by atoms with Gasteiger partial charge in [0.2, 0.25) is 5.91 Å². The first kappa shape index (κ1) is 11.3. The first-order valence-electron chi connectivity index (χ1n) is 6.54. The number of H-pyrrole nitrogens is 1. The normalized spacial score (nSPS) is 17.7. The Labute approximate surface area is 107 Å². The maximum absolute atomic E-state index is 11.8. The number of likely N-dealkylation sites (tertiary alicyclic amines) is 1. The van der Waals surface area contributed by atoms with E-state index < -0.39 is 0 Å². The van der Waals surface area contributed by atoms with Crippen molar-refractivity contribution in [1.82, 2.24) is 9.88 Å². The van der Waals surface area contributed by atoms with Crippen molar-refractivity contribution < 1.29 is 4.79 Å². The van der Waals surface area contributed by atoms with E-state index in [1.807, 2.05) is 11.1 Å². The summed E-state index contributed by atoms with van der Waals surface area (Å²) in [7, 11) is 0. The Kier molecular flexibility index (Phi) is 2.62. The van der Waals surface area contributed by atoms with Crippen LogP contribution in [-0.2, 0) is 4.79 Å². The molecule has 1 aromatic heterocycles. The minimum atomic E-state index is 0.163. The van der Waals surface area contributed by atoms with Crippen LogP contribution in [0.3, 0.4) is 0 Å². The molecule has 2 heterocycles. The van der Waals surface area contributed by atoms with Crippen molar-refractivity contribution in [2.75, 3.05) is 6.54 Å². The van der Waals surface area contributed by atoms with Crippen LogP contribution in [0.2, 0.25) is 0 Å². The molecule has 0 radical (unpaired) electrons. The van der Waals surface area contributed by atoms with Crippen LogP contribution in [0.1, 0.15) is 36.9 Å². The fourth-order valence-electron chi connectivity index (χ4n) is 2.85. The Hall–Kier alpha value is -1.77. The number of hydrogen-bond donors (Lipinski definition) is 1. The summed E-state index contributed by atoms with van der Waals surface area (Å²) in [4.78, 5) is 17.1. The van der Waals surface area contributed by atoms with Gasteiger partial charge in [0.15, 0.2) is 0 Å². The van der Waals surface area contributed by atoms with E-state index in [2.05, 4.69) is 37.0 Å². The molecule has 0 aliphatic carbocycles. The Morgan fingerprint density at radius 3 is 2.94 bits per heavy atom. The second kappa shape index (κ2) is 4.16. The van der Waals surface area contributed by atoms with Crippen LogP contribution < -0.4 is 0 Å². The largest absolute Gasteiger partial charge is 0.361 e.